The Morgan fingerprint density at radius 3 is 2.84 bits per heavy atom. The van der Waals surface area contributed by atoms with Gasteiger partial charge in [0.1, 0.15) is 5.75 Å². The number of nitrogens with zero attached hydrogens (tertiary/aromatic N) is 3. The Labute approximate surface area is 180 Å². The fourth-order valence-corrected chi connectivity index (χ4v) is 4.31. The van der Waals surface area contributed by atoms with E-state index in [2.05, 4.69) is 38.6 Å². The molecule has 0 spiro atoms. The van der Waals surface area contributed by atoms with Gasteiger partial charge >= 0.3 is 0 Å². The minimum Gasteiger partial charge on any atom is -0.496 e. The van der Waals surface area contributed by atoms with Gasteiger partial charge in [0.15, 0.2) is 0 Å². The highest BCUT2D eigenvalue weighted by Crippen LogP contribution is 2.36. The summed E-state index contributed by atoms with van der Waals surface area (Å²) in [6, 6.07) is 15.9. The molecule has 1 amide bonds. The Morgan fingerprint density at radius 2 is 2.06 bits per heavy atom. The van der Waals surface area contributed by atoms with Gasteiger partial charge in [-0.05, 0) is 54.3 Å². The third kappa shape index (κ3) is 3.59. The first-order chi connectivity index (χ1) is 15.2. The van der Waals surface area contributed by atoms with E-state index in [1.54, 1.807) is 19.5 Å². The van der Waals surface area contributed by atoms with Crippen molar-refractivity contribution in [3.8, 4) is 28.1 Å². The SMILES string of the molecule is COc1cc(C(=O)N2CCCC2c2cccc(-c3ccn[nH]3)c2)ccc1-c1cn[nH]c1. The second kappa shape index (κ2) is 8.10. The molecule has 3 heterocycles. The Balaban J connectivity index is 1.43. The first-order valence-corrected chi connectivity index (χ1v) is 10.3. The third-order valence-electron chi connectivity index (χ3n) is 5.85. The topological polar surface area (TPSA) is 86.9 Å². The molecule has 1 fully saturated rings. The van der Waals surface area contributed by atoms with Crippen molar-refractivity contribution in [3.05, 3.63) is 78.2 Å². The summed E-state index contributed by atoms with van der Waals surface area (Å²) in [5.41, 5.74) is 5.63. The average molecular weight is 413 g/mol. The Hall–Kier alpha value is -3.87. The van der Waals surface area contributed by atoms with Crippen LogP contribution in [0.1, 0.15) is 34.8 Å². The number of hydrogen-bond acceptors (Lipinski definition) is 4. The third-order valence-corrected chi connectivity index (χ3v) is 5.85. The molecule has 0 aliphatic carbocycles. The number of aromatic amines is 2. The maximum absolute atomic E-state index is 13.4. The molecule has 1 atom stereocenters. The molecule has 1 aliphatic rings. The molecule has 2 aromatic heterocycles. The number of hydrogen-bond donors (Lipinski definition) is 2. The number of amides is 1. The van der Waals surface area contributed by atoms with E-state index in [9.17, 15) is 4.79 Å². The van der Waals surface area contributed by atoms with Gasteiger partial charge in [-0.25, -0.2) is 0 Å². The summed E-state index contributed by atoms with van der Waals surface area (Å²) in [6.07, 6.45) is 7.22. The minimum absolute atomic E-state index is 0.0199. The maximum atomic E-state index is 13.4. The van der Waals surface area contributed by atoms with E-state index in [0.717, 1.165) is 47.3 Å². The van der Waals surface area contributed by atoms with Crippen molar-refractivity contribution < 1.29 is 9.53 Å². The molecule has 7 nitrogen and oxygen atoms in total. The van der Waals surface area contributed by atoms with E-state index in [4.69, 9.17) is 4.74 Å². The zero-order chi connectivity index (χ0) is 21.2. The van der Waals surface area contributed by atoms with Crippen molar-refractivity contribution in [3.63, 3.8) is 0 Å². The molecule has 0 radical (unpaired) electrons. The largest absolute Gasteiger partial charge is 0.496 e. The van der Waals surface area contributed by atoms with Crippen LogP contribution >= 0.6 is 0 Å². The number of likely N-dealkylation sites (tertiary alicyclic amines) is 1. The van der Waals surface area contributed by atoms with E-state index < -0.39 is 0 Å². The van der Waals surface area contributed by atoms with Crippen molar-refractivity contribution in [1.82, 2.24) is 25.3 Å². The molecule has 7 heteroatoms. The minimum atomic E-state index is 0.0199. The number of methoxy groups -OCH3 is 1. The highest BCUT2D eigenvalue weighted by atomic mass is 16.5. The van der Waals surface area contributed by atoms with Crippen LogP contribution in [0, 0.1) is 0 Å². The molecule has 1 unspecified atom stereocenters. The lowest BCUT2D eigenvalue weighted by atomic mass is 9.99. The van der Waals surface area contributed by atoms with Crippen LogP contribution in [-0.4, -0.2) is 44.9 Å². The van der Waals surface area contributed by atoms with Crippen LogP contribution in [0.15, 0.2) is 67.1 Å². The molecule has 2 aromatic carbocycles. The van der Waals surface area contributed by atoms with E-state index in [1.807, 2.05) is 41.4 Å². The standard InChI is InChI=1S/C24H23N5O2/c1-31-23-13-18(7-8-20(23)19-14-26-27-15-19)24(30)29-11-3-6-22(29)17-5-2-4-16(12-17)21-9-10-25-28-21/h2,4-5,7-10,12-15,22H,3,6,11H2,1H3,(H,25,28)(H,26,27). The number of H-pyrrole nitrogens is 2. The molecule has 0 saturated carbocycles. The van der Waals surface area contributed by atoms with E-state index in [0.29, 0.717) is 11.3 Å². The molecule has 1 saturated heterocycles. The first kappa shape index (κ1) is 19.1. The number of carbonyl (C=O) groups is 1. The second-order valence-electron chi connectivity index (χ2n) is 7.65. The number of rotatable bonds is 5. The van der Waals surface area contributed by atoms with E-state index in [1.165, 1.54) is 0 Å². The summed E-state index contributed by atoms with van der Waals surface area (Å²) in [4.78, 5) is 15.4. The lowest BCUT2D eigenvalue weighted by Gasteiger charge is -2.26. The molecule has 0 bridgehead atoms. The van der Waals surface area contributed by atoms with E-state index in [-0.39, 0.29) is 11.9 Å². The number of carbonyl (C=O) groups excluding carboxylic acids is 1. The van der Waals surface area contributed by atoms with Gasteiger partial charge in [0.25, 0.3) is 5.91 Å². The first-order valence-electron chi connectivity index (χ1n) is 10.3. The maximum Gasteiger partial charge on any atom is 0.254 e. The molecular formula is C24H23N5O2. The zero-order valence-electron chi connectivity index (χ0n) is 17.2. The predicted octanol–water partition coefficient (Wildman–Crippen LogP) is 4.45. The van der Waals surface area contributed by atoms with Gasteiger partial charge in [-0.15, -0.1) is 0 Å². The van der Waals surface area contributed by atoms with Crippen molar-refractivity contribution in [2.45, 2.75) is 18.9 Å². The normalized spacial score (nSPS) is 15.9. The molecular weight excluding hydrogens is 390 g/mol. The molecule has 156 valence electrons. The smallest absolute Gasteiger partial charge is 0.254 e. The monoisotopic (exact) mass is 413 g/mol. The highest BCUT2D eigenvalue weighted by molar-refractivity contribution is 5.96. The van der Waals surface area contributed by atoms with Gasteiger partial charge in [-0.2, -0.15) is 10.2 Å². The number of nitrogens with one attached hydrogen (secondary N) is 2. The quantitative estimate of drug-likeness (QED) is 0.506. The zero-order valence-corrected chi connectivity index (χ0v) is 17.2. The predicted molar refractivity (Wildman–Crippen MR) is 118 cm³/mol. The summed E-state index contributed by atoms with van der Waals surface area (Å²) in [7, 11) is 1.62. The molecule has 1 aliphatic heterocycles. The summed E-state index contributed by atoms with van der Waals surface area (Å²) in [5, 5.41) is 13.9. The van der Waals surface area contributed by atoms with Gasteiger partial charge in [-0.1, -0.05) is 18.2 Å². The van der Waals surface area contributed by atoms with Gasteiger partial charge in [0.2, 0.25) is 0 Å². The van der Waals surface area contributed by atoms with Gasteiger partial charge < -0.3 is 9.64 Å². The van der Waals surface area contributed by atoms with Crippen LogP contribution < -0.4 is 4.74 Å². The summed E-state index contributed by atoms with van der Waals surface area (Å²) >= 11 is 0. The van der Waals surface area contributed by atoms with Crippen molar-refractivity contribution in [2.24, 2.45) is 0 Å². The van der Waals surface area contributed by atoms with Gasteiger partial charge in [-0.3, -0.25) is 15.0 Å². The van der Waals surface area contributed by atoms with Gasteiger partial charge in [0, 0.05) is 35.6 Å². The van der Waals surface area contributed by atoms with Crippen LogP contribution in [-0.2, 0) is 0 Å². The second-order valence-corrected chi connectivity index (χ2v) is 7.65. The molecule has 4 aromatic rings. The molecule has 31 heavy (non-hydrogen) atoms. The van der Waals surface area contributed by atoms with Crippen molar-refractivity contribution in [2.75, 3.05) is 13.7 Å². The Bertz CT molecular complexity index is 1180. The fourth-order valence-electron chi connectivity index (χ4n) is 4.31. The Kier molecular flexibility index (Phi) is 5.00. The summed E-state index contributed by atoms with van der Waals surface area (Å²) < 4.78 is 5.57. The van der Waals surface area contributed by atoms with Crippen LogP contribution in [0.25, 0.3) is 22.4 Å². The van der Waals surface area contributed by atoms with Gasteiger partial charge in [0.05, 0.1) is 25.0 Å². The molecule has 5 rings (SSSR count). The average Bonchev–Trinajstić information content (AvgIpc) is 3.60. The van der Waals surface area contributed by atoms with Crippen molar-refractivity contribution >= 4 is 5.91 Å². The highest BCUT2D eigenvalue weighted by Gasteiger charge is 2.31. The number of ether oxygens (including phenoxy) is 1. The van der Waals surface area contributed by atoms with Crippen LogP contribution in [0.4, 0.5) is 0 Å². The number of aromatic nitrogens is 4. The lowest BCUT2D eigenvalue weighted by molar-refractivity contribution is 0.0735. The Morgan fingerprint density at radius 1 is 1.13 bits per heavy atom. The fraction of sp³-hybridized carbons (Fsp3) is 0.208. The van der Waals surface area contributed by atoms with Crippen LogP contribution in [0.2, 0.25) is 0 Å². The van der Waals surface area contributed by atoms with Crippen LogP contribution in [0.5, 0.6) is 5.75 Å². The number of benzene rings is 2. The summed E-state index contributed by atoms with van der Waals surface area (Å²) in [5.74, 6) is 0.677. The van der Waals surface area contributed by atoms with Crippen molar-refractivity contribution in [1.29, 1.82) is 0 Å². The van der Waals surface area contributed by atoms with Crippen LogP contribution in [0.3, 0.4) is 0 Å². The molecule has 2 N–H and O–H groups in total. The van der Waals surface area contributed by atoms with E-state index >= 15 is 0 Å². The lowest BCUT2D eigenvalue weighted by Crippen LogP contribution is -2.30. The summed E-state index contributed by atoms with van der Waals surface area (Å²) in [6.45, 7) is 0.740.